The minimum absolute atomic E-state index is 0.115. The molecule has 1 aromatic carbocycles. The third-order valence-electron chi connectivity index (χ3n) is 4.81. The Kier molecular flexibility index (Phi) is 3.55. The van der Waals surface area contributed by atoms with Gasteiger partial charge in [0.1, 0.15) is 0 Å². The summed E-state index contributed by atoms with van der Waals surface area (Å²) in [5.41, 5.74) is 0.00730. The lowest BCUT2D eigenvalue weighted by Crippen LogP contribution is -2.62. The molecule has 0 amide bonds. The molecule has 1 saturated carbocycles. The lowest BCUT2D eigenvalue weighted by atomic mass is 9.90. The third-order valence-corrected chi connectivity index (χ3v) is 4.81. The van der Waals surface area contributed by atoms with Gasteiger partial charge >= 0.3 is 0 Å². The first-order valence-electron chi connectivity index (χ1n) is 7.41. The number of halogens is 2. The molecular formula is C16H22F2N2. The molecule has 110 valence electrons. The molecule has 1 atom stereocenters. The summed E-state index contributed by atoms with van der Waals surface area (Å²) in [6, 6.07) is 8.19. The van der Waals surface area contributed by atoms with Gasteiger partial charge in [-0.15, -0.1) is 0 Å². The second-order valence-corrected chi connectivity index (χ2v) is 6.30. The highest BCUT2D eigenvalue weighted by molar-refractivity contribution is 5.21. The first-order valence-corrected chi connectivity index (χ1v) is 7.41. The molecule has 0 spiro atoms. The van der Waals surface area contributed by atoms with Crippen LogP contribution in [-0.4, -0.2) is 36.6 Å². The van der Waals surface area contributed by atoms with Crippen molar-refractivity contribution in [2.24, 2.45) is 5.92 Å². The van der Waals surface area contributed by atoms with Crippen LogP contribution in [0.3, 0.4) is 0 Å². The molecule has 2 aliphatic rings. The van der Waals surface area contributed by atoms with Crippen LogP contribution >= 0.6 is 0 Å². The standard InChI is InChI=1S/C16H22F2N2/c1-15(13-7-8-13)11-19-9-10-20(15)12-16(17,18)14-5-3-2-4-6-14/h2-6,13,19H,7-12H2,1H3. The van der Waals surface area contributed by atoms with Crippen LogP contribution in [0.1, 0.15) is 25.3 Å². The van der Waals surface area contributed by atoms with Crippen molar-refractivity contribution in [1.29, 1.82) is 0 Å². The fourth-order valence-corrected chi connectivity index (χ4v) is 3.30. The van der Waals surface area contributed by atoms with E-state index in [1.54, 1.807) is 18.2 Å². The van der Waals surface area contributed by atoms with E-state index in [9.17, 15) is 8.78 Å². The Morgan fingerprint density at radius 2 is 2.00 bits per heavy atom. The summed E-state index contributed by atoms with van der Waals surface area (Å²) in [5, 5.41) is 3.37. The van der Waals surface area contributed by atoms with Gasteiger partial charge in [-0.05, 0) is 25.7 Å². The Hall–Kier alpha value is -1.00. The molecule has 3 rings (SSSR count). The van der Waals surface area contributed by atoms with Gasteiger partial charge in [0.05, 0.1) is 6.54 Å². The molecule has 1 heterocycles. The van der Waals surface area contributed by atoms with Gasteiger partial charge in [-0.3, -0.25) is 4.90 Å². The number of alkyl halides is 2. The summed E-state index contributed by atoms with van der Waals surface area (Å²) < 4.78 is 29.0. The van der Waals surface area contributed by atoms with Crippen molar-refractivity contribution in [3.63, 3.8) is 0 Å². The van der Waals surface area contributed by atoms with Crippen LogP contribution in [0.5, 0.6) is 0 Å². The molecule has 1 saturated heterocycles. The molecule has 0 bridgehead atoms. The molecule has 2 nitrogen and oxygen atoms in total. The molecule has 4 heteroatoms. The molecule has 1 unspecified atom stereocenters. The van der Waals surface area contributed by atoms with E-state index in [2.05, 4.69) is 12.2 Å². The normalized spacial score (nSPS) is 28.6. The summed E-state index contributed by atoms with van der Waals surface area (Å²) in [4.78, 5) is 2.01. The fourth-order valence-electron chi connectivity index (χ4n) is 3.30. The lowest BCUT2D eigenvalue weighted by molar-refractivity contribution is -0.0760. The Bertz CT molecular complexity index is 459. The molecule has 0 radical (unpaired) electrons. The highest BCUT2D eigenvalue weighted by Crippen LogP contribution is 2.45. The van der Waals surface area contributed by atoms with Crippen LogP contribution in [0, 0.1) is 5.92 Å². The van der Waals surface area contributed by atoms with E-state index in [0.717, 1.165) is 13.1 Å². The SMILES string of the molecule is CC1(C2CC2)CNCCN1CC(F)(F)c1ccccc1. The zero-order valence-electron chi connectivity index (χ0n) is 11.9. The Labute approximate surface area is 119 Å². The summed E-state index contributed by atoms with van der Waals surface area (Å²) in [6.45, 7) is 4.29. The van der Waals surface area contributed by atoms with E-state index in [0.29, 0.717) is 12.5 Å². The summed E-state index contributed by atoms with van der Waals surface area (Å²) in [6.07, 6.45) is 2.34. The van der Waals surface area contributed by atoms with Gasteiger partial charge in [0.2, 0.25) is 0 Å². The van der Waals surface area contributed by atoms with Gasteiger partial charge in [-0.2, -0.15) is 8.78 Å². The molecule has 1 aromatic rings. The van der Waals surface area contributed by atoms with Crippen molar-refractivity contribution in [1.82, 2.24) is 10.2 Å². The van der Waals surface area contributed by atoms with E-state index in [-0.39, 0.29) is 17.6 Å². The first-order chi connectivity index (χ1) is 9.52. The number of piperazine rings is 1. The van der Waals surface area contributed by atoms with Gasteiger partial charge < -0.3 is 5.32 Å². The molecule has 1 aliphatic heterocycles. The quantitative estimate of drug-likeness (QED) is 0.912. The van der Waals surface area contributed by atoms with Gasteiger partial charge in [0.25, 0.3) is 5.92 Å². The zero-order valence-corrected chi connectivity index (χ0v) is 11.9. The molecule has 1 aliphatic carbocycles. The monoisotopic (exact) mass is 280 g/mol. The van der Waals surface area contributed by atoms with Gasteiger partial charge in [0, 0.05) is 30.7 Å². The summed E-state index contributed by atoms with van der Waals surface area (Å²) in [5.74, 6) is -2.21. The number of nitrogens with zero attached hydrogens (tertiary/aromatic N) is 1. The maximum atomic E-state index is 14.5. The largest absolute Gasteiger partial charge is 0.314 e. The van der Waals surface area contributed by atoms with Gasteiger partial charge in [0.15, 0.2) is 0 Å². The van der Waals surface area contributed by atoms with Crippen molar-refractivity contribution in [3.8, 4) is 0 Å². The highest BCUT2D eigenvalue weighted by Gasteiger charge is 2.49. The van der Waals surface area contributed by atoms with Crippen molar-refractivity contribution < 1.29 is 8.78 Å². The molecule has 0 aromatic heterocycles. The Morgan fingerprint density at radius 1 is 1.30 bits per heavy atom. The first kappa shape index (κ1) is 14.0. The van der Waals surface area contributed by atoms with Crippen LogP contribution in [-0.2, 0) is 5.92 Å². The maximum absolute atomic E-state index is 14.5. The maximum Gasteiger partial charge on any atom is 0.285 e. The smallest absolute Gasteiger partial charge is 0.285 e. The lowest BCUT2D eigenvalue weighted by Gasteiger charge is -2.47. The number of benzene rings is 1. The number of rotatable bonds is 4. The van der Waals surface area contributed by atoms with Crippen molar-refractivity contribution >= 4 is 0 Å². The van der Waals surface area contributed by atoms with Gasteiger partial charge in [-0.1, -0.05) is 30.3 Å². The van der Waals surface area contributed by atoms with Crippen molar-refractivity contribution in [2.45, 2.75) is 31.2 Å². The Balaban J connectivity index is 1.78. The van der Waals surface area contributed by atoms with Crippen LogP contribution in [0.25, 0.3) is 0 Å². The van der Waals surface area contributed by atoms with Crippen molar-refractivity contribution in [2.75, 3.05) is 26.2 Å². The van der Waals surface area contributed by atoms with Crippen LogP contribution in [0.2, 0.25) is 0 Å². The van der Waals surface area contributed by atoms with E-state index >= 15 is 0 Å². The van der Waals surface area contributed by atoms with Crippen LogP contribution in [0.15, 0.2) is 30.3 Å². The van der Waals surface area contributed by atoms with E-state index in [1.807, 2.05) is 4.90 Å². The third kappa shape index (κ3) is 2.59. The van der Waals surface area contributed by atoms with Gasteiger partial charge in [-0.25, -0.2) is 0 Å². The molecule has 2 fully saturated rings. The second-order valence-electron chi connectivity index (χ2n) is 6.30. The highest BCUT2D eigenvalue weighted by atomic mass is 19.3. The van der Waals surface area contributed by atoms with Crippen LogP contribution in [0.4, 0.5) is 8.78 Å². The number of hydrogen-bond donors (Lipinski definition) is 1. The van der Waals surface area contributed by atoms with Crippen LogP contribution < -0.4 is 5.32 Å². The second kappa shape index (κ2) is 5.08. The average molecular weight is 280 g/mol. The number of nitrogens with one attached hydrogen (secondary N) is 1. The van der Waals surface area contributed by atoms with E-state index in [4.69, 9.17) is 0 Å². The summed E-state index contributed by atoms with van der Waals surface area (Å²) in [7, 11) is 0. The van der Waals surface area contributed by atoms with Crippen molar-refractivity contribution in [3.05, 3.63) is 35.9 Å². The molecule has 20 heavy (non-hydrogen) atoms. The summed E-state index contributed by atoms with van der Waals surface area (Å²) >= 11 is 0. The predicted octanol–water partition coefficient (Wildman–Crippen LogP) is 2.85. The molecule has 1 N–H and O–H groups in total. The topological polar surface area (TPSA) is 15.3 Å². The average Bonchev–Trinajstić information content (AvgIpc) is 3.27. The minimum Gasteiger partial charge on any atom is -0.314 e. The minimum atomic E-state index is -2.78. The number of hydrogen-bond acceptors (Lipinski definition) is 2. The zero-order chi connectivity index (χ0) is 14.2. The van der Waals surface area contributed by atoms with E-state index < -0.39 is 5.92 Å². The Morgan fingerprint density at radius 3 is 2.65 bits per heavy atom. The van der Waals surface area contributed by atoms with E-state index in [1.165, 1.54) is 25.0 Å². The fraction of sp³-hybridized carbons (Fsp3) is 0.625. The molecular weight excluding hydrogens is 258 g/mol. The predicted molar refractivity (Wildman–Crippen MR) is 75.9 cm³/mol.